The third-order valence-corrected chi connectivity index (χ3v) is 4.80. The Morgan fingerprint density at radius 1 is 1.07 bits per heavy atom. The second-order valence-electron chi connectivity index (χ2n) is 6.49. The molecule has 2 heterocycles. The van der Waals surface area contributed by atoms with Gasteiger partial charge in [-0.15, -0.1) is 0 Å². The van der Waals surface area contributed by atoms with Gasteiger partial charge in [-0.1, -0.05) is 35.9 Å². The molecule has 0 bridgehead atoms. The summed E-state index contributed by atoms with van der Waals surface area (Å²) in [7, 11) is 0. The van der Waals surface area contributed by atoms with Crippen molar-refractivity contribution in [2.75, 3.05) is 0 Å². The monoisotopic (exact) mass is 421 g/mol. The van der Waals surface area contributed by atoms with Gasteiger partial charge in [0.25, 0.3) is 0 Å². The molecule has 0 amide bonds. The molecule has 1 atom stereocenters. The van der Waals surface area contributed by atoms with Gasteiger partial charge in [-0.25, -0.2) is 5.01 Å². The van der Waals surface area contributed by atoms with Gasteiger partial charge in [0.2, 0.25) is 6.35 Å². The smallest absolute Gasteiger partial charge is 0.395 e. The van der Waals surface area contributed by atoms with Crippen molar-refractivity contribution in [2.24, 2.45) is 15.9 Å². The van der Waals surface area contributed by atoms with Gasteiger partial charge in [0.1, 0.15) is 0 Å². The van der Waals surface area contributed by atoms with Crippen molar-refractivity contribution in [1.82, 2.24) is 10.0 Å². The Hall–Kier alpha value is -3.04. The molecule has 2 aromatic carbocycles. The molecule has 2 aromatic rings. The first kappa shape index (κ1) is 19.3. The van der Waals surface area contributed by atoms with Gasteiger partial charge in [0, 0.05) is 10.6 Å². The molecule has 4 rings (SSSR count). The highest BCUT2D eigenvalue weighted by atomic mass is 35.5. The average Bonchev–Trinajstić information content (AvgIpc) is 2.99. The van der Waals surface area contributed by atoms with Crippen molar-refractivity contribution in [3.8, 4) is 0 Å². The predicted octanol–water partition coefficient (Wildman–Crippen LogP) is 3.44. The Balaban J connectivity index is 1.58. The molecule has 6 nitrogen and oxygen atoms in total. The third-order valence-electron chi connectivity index (χ3n) is 4.55. The molecule has 0 spiro atoms. The highest BCUT2D eigenvalue weighted by molar-refractivity contribution is 6.30. The zero-order chi connectivity index (χ0) is 20.8. The predicted molar refractivity (Wildman–Crippen MR) is 103 cm³/mol. The average molecular weight is 422 g/mol. The van der Waals surface area contributed by atoms with Gasteiger partial charge in [0.05, 0.1) is 24.0 Å². The highest BCUT2D eigenvalue weighted by Gasteiger charge is 2.37. The maximum atomic E-state index is 12.7. The summed E-state index contributed by atoms with van der Waals surface area (Å²) in [5.74, 6) is 0.261. The minimum Gasteiger partial charge on any atom is -0.395 e. The number of alkyl halides is 3. The van der Waals surface area contributed by atoms with Crippen LogP contribution in [0, 0.1) is 0 Å². The van der Waals surface area contributed by atoms with Crippen LogP contribution in [0.15, 0.2) is 64.4 Å². The number of rotatable bonds is 3. The van der Waals surface area contributed by atoms with Gasteiger partial charge < -0.3 is 10.8 Å². The summed E-state index contributed by atoms with van der Waals surface area (Å²) in [6.45, 7) is 0.0817. The number of hydrazone groups is 2. The second-order valence-corrected chi connectivity index (χ2v) is 6.92. The molecule has 2 aliphatic heterocycles. The summed E-state index contributed by atoms with van der Waals surface area (Å²) < 4.78 is 38.1. The van der Waals surface area contributed by atoms with Crippen LogP contribution in [0.3, 0.4) is 0 Å². The Labute approximate surface area is 169 Å². The number of benzene rings is 2. The van der Waals surface area contributed by atoms with E-state index in [4.69, 9.17) is 17.3 Å². The Bertz CT molecular complexity index is 1020. The van der Waals surface area contributed by atoms with Crippen LogP contribution in [-0.2, 0) is 12.7 Å². The lowest BCUT2D eigenvalue weighted by molar-refractivity contribution is -0.137. The van der Waals surface area contributed by atoms with Crippen LogP contribution in [-0.4, -0.2) is 33.5 Å². The number of aliphatic hydroxyl groups is 1. The number of allylic oxidation sites excluding steroid dienone is 1. The first-order valence-electron chi connectivity index (χ1n) is 8.53. The minimum atomic E-state index is -4.40. The van der Waals surface area contributed by atoms with Crippen LogP contribution < -0.4 is 5.73 Å². The van der Waals surface area contributed by atoms with E-state index in [2.05, 4.69) is 10.2 Å². The van der Waals surface area contributed by atoms with E-state index in [0.717, 1.165) is 17.7 Å². The van der Waals surface area contributed by atoms with Gasteiger partial charge >= 0.3 is 6.18 Å². The zero-order valence-electron chi connectivity index (χ0n) is 14.8. The van der Waals surface area contributed by atoms with Gasteiger partial charge in [-0.3, -0.25) is 0 Å². The number of hydrogen-bond donors (Lipinski definition) is 2. The topological polar surface area (TPSA) is 77.5 Å². The fourth-order valence-electron chi connectivity index (χ4n) is 3.02. The van der Waals surface area contributed by atoms with E-state index < -0.39 is 18.1 Å². The van der Waals surface area contributed by atoms with Crippen LogP contribution in [0.1, 0.15) is 16.7 Å². The maximum Gasteiger partial charge on any atom is 0.416 e. The number of amidine groups is 1. The van der Waals surface area contributed by atoms with Crippen LogP contribution >= 0.6 is 11.6 Å². The summed E-state index contributed by atoms with van der Waals surface area (Å²) in [6, 6.07) is 11.7. The Kier molecular flexibility index (Phi) is 4.71. The van der Waals surface area contributed by atoms with E-state index in [9.17, 15) is 18.3 Å². The molecule has 29 heavy (non-hydrogen) atoms. The van der Waals surface area contributed by atoms with Crippen LogP contribution in [0.4, 0.5) is 13.2 Å². The molecule has 150 valence electrons. The van der Waals surface area contributed by atoms with Crippen molar-refractivity contribution in [3.63, 3.8) is 0 Å². The number of nitrogens with two attached hydrogens (primary N) is 1. The van der Waals surface area contributed by atoms with E-state index in [1.54, 1.807) is 24.3 Å². The molecule has 1 unspecified atom stereocenters. The van der Waals surface area contributed by atoms with Crippen molar-refractivity contribution in [2.45, 2.75) is 19.1 Å². The first-order chi connectivity index (χ1) is 13.7. The molecule has 3 N–H and O–H groups in total. The van der Waals surface area contributed by atoms with E-state index >= 15 is 0 Å². The van der Waals surface area contributed by atoms with Gasteiger partial charge in [-0.2, -0.15) is 28.4 Å². The Morgan fingerprint density at radius 2 is 1.72 bits per heavy atom. The summed E-state index contributed by atoms with van der Waals surface area (Å²) in [6.07, 6.45) is -4.12. The van der Waals surface area contributed by atoms with Crippen LogP contribution in [0.25, 0.3) is 5.57 Å². The molecule has 0 saturated carbocycles. The molecular weight excluding hydrogens is 407 g/mol. The minimum absolute atomic E-state index is 0.0817. The van der Waals surface area contributed by atoms with E-state index in [1.165, 1.54) is 28.4 Å². The van der Waals surface area contributed by atoms with Gasteiger partial charge in [0.15, 0.2) is 5.84 Å². The number of nitrogens with zero attached hydrogens (tertiary/aromatic N) is 4. The van der Waals surface area contributed by atoms with Crippen molar-refractivity contribution >= 4 is 29.2 Å². The number of fused-ring (bicyclic) bond motifs is 1. The lowest BCUT2D eigenvalue weighted by Crippen LogP contribution is -2.41. The molecule has 0 fully saturated rings. The number of hydrogen-bond acceptors (Lipinski definition) is 6. The fourth-order valence-corrected chi connectivity index (χ4v) is 3.14. The van der Waals surface area contributed by atoms with E-state index in [1.807, 2.05) is 0 Å². The summed E-state index contributed by atoms with van der Waals surface area (Å²) in [4.78, 5) is 0. The fraction of sp³-hybridized carbons (Fsp3) is 0.158. The quantitative estimate of drug-likeness (QED) is 0.796. The van der Waals surface area contributed by atoms with Crippen LogP contribution in [0.2, 0.25) is 5.02 Å². The highest BCUT2D eigenvalue weighted by Crippen LogP contribution is 2.31. The third kappa shape index (κ3) is 3.66. The first-order valence-corrected chi connectivity index (χ1v) is 8.90. The second kappa shape index (κ2) is 7.09. The van der Waals surface area contributed by atoms with Crippen LogP contribution in [0.5, 0.6) is 0 Å². The number of halogens is 4. The SMILES string of the molecule is NC1=C(c2ccc(Cl)cc2)C=NN2C1=NN(Cc1ccc(C(F)(F)F)cc1)C2O. The van der Waals surface area contributed by atoms with E-state index in [0.29, 0.717) is 21.9 Å². The van der Waals surface area contributed by atoms with Crippen molar-refractivity contribution in [3.05, 3.63) is 75.9 Å². The molecular formula is C19H15ClF3N5O. The summed E-state index contributed by atoms with van der Waals surface area (Å²) in [5, 5.41) is 22.1. The van der Waals surface area contributed by atoms with Crippen molar-refractivity contribution in [1.29, 1.82) is 0 Å². The van der Waals surface area contributed by atoms with Crippen molar-refractivity contribution < 1.29 is 18.3 Å². The molecule has 10 heteroatoms. The number of aliphatic hydroxyl groups excluding tert-OH is 1. The maximum absolute atomic E-state index is 12.7. The molecule has 0 radical (unpaired) electrons. The molecule has 0 aliphatic carbocycles. The summed E-state index contributed by atoms with van der Waals surface area (Å²) in [5.41, 5.74) is 7.77. The van der Waals surface area contributed by atoms with Gasteiger partial charge in [-0.05, 0) is 35.4 Å². The molecule has 0 saturated heterocycles. The lowest BCUT2D eigenvalue weighted by Gasteiger charge is -2.25. The lowest BCUT2D eigenvalue weighted by atomic mass is 10.0. The standard InChI is InChI=1S/C19H15ClF3N5O/c20-14-7-3-12(4-8-14)15-9-25-28-17(16(15)24)26-27(18(28)29)10-11-1-5-13(6-2-11)19(21,22)23/h1-9,18,29H,10,24H2. The molecule has 0 aromatic heterocycles. The zero-order valence-corrected chi connectivity index (χ0v) is 15.6. The largest absolute Gasteiger partial charge is 0.416 e. The molecule has 2 aliphatic rings. The van der Waals surface area contributed by atoms with E-state index in [-0.39, 0.29) is 12.4 Å². The normalized spacial score (nSPS) is 18.9. The summed E-state index contributed by atoms with van der Waals surface area (Å²) >= 11 is 5.91. The Morgan fingerprint density at radius 3 is 2.34 bits per heavy atom.